The van der Waals surface area contributed by atoms with Crippen LogP contribution < -0.4 is 15.4 Å². The summed E-state index contributed by atoms with van der Waals surface area (Å²) in [6.45, 7) is 9.39. The van der Waals surface area contributed by atoms with Crippen molar-refractivity contribution in [1.82, 2.24) is 10.2 Å². The molecule has 1 aromatic heterocycles. The second kappa shape index (κ2) is 8.38. The molecule has 0 saturated carbocycles. The molecule has 30 heavy (non-hydrogen) atoms. The molecule has 0 unspecified atom stereocenters. The van der Waals surface area contributed by atoms with Crippen molar-refractivity contribution in [3.8, 4) is 11.8 Å². The lowest BCUT2D eigenvalue weighted by Crippen LogP contribution is -2.54. The van der Waals surface area contributed by atoms with Crippen LogP contribution in [0.15, 0.2) is 24.3 Å². The van der Waals surface area contributed by atoms with Crippen molar-refractivity contribution in [2.24, 2.45) is 0 Å². The molecule has 6 nitrogen and oxygen atoms in total. The Labute approximate surface area is 182 Å². The van der Waals surface area contributed by atoms with Crippen LogP contribution in [0.1, 0.15) is 49.3 Å². The first-order valence-corrected chi connectivity index (χ1v) is 10.8. The number of likely N-dealkylation sites (N-methyl/N-ethyl adjacent to an activating group) is 1. The molecule has 0 atom stereocenters. The maximum Gasteiger partial charge on any atom is 0.239 e. The number of rotatable bonds is 6. The van der Waals surface area contributed by atoms with E-state index in [0.717, 1.165) is 28.2 Å². The van der Waals surface area contributed by atoms with Crippen molar-refractivity contribution in [3.63, 3.8) is 0 Å². The number of methoxy groups -OCH3 is 1. The summed E-state index contributed by atoms with van der Waals surface area (Å²) < 4.78 is 5.26. The van der Waals surface area contributed by atoms with Crippen LogP contribution >= 0.6 is 11.3 Å². The quantitative estimate of drug-likeness (QED) is 0.733. The molecule has 1 aliphatic heterocycles. The standard InChI is InChI=1S/C23H30N4O2S/c1-22(2)11-17-18(12-24)21(30-20(17)23(3,4)26-22)25-19(28)14-27(5)13-15-8-7-9-16(10-15)29-6/h7-10,26H,11,13-14H2,1-6H3,(H,25,28). The highest BCUT2D eigenvalue weighted by Gasteiger charge is 2.40. The van der Waals surface area contributed by atoms with Gasteiger partial charge in [0.05, 0.1) is 19.2 Å². The lowest BCUT2D eigenvalue weighted by atomic mass is 9.81. The van der Waals surface area contributed by atoms with Crippen molar-refractivity contribution in [3.05, 3.63) is 45.8 Å². The van der Waals surface area contributed by atoms with E-state index in [9.17, 15) is 10.1 Å². The van der Waals surface area contributed by atoms with Gasteiger partial charge in [0.1, 0.15) is 16.8 Å². The molecular weight excluding hydrogens is 396 g/mol. The van der Waals surface area contributed by atoms with Crippen LogP contribution in [0.3, 0.4) is 0 Å². The van der Waals surface area contributed by atoms with Crippen LogP contribution in [0.5, 0.6) is 5.75 Å². The summed E-state index contributed by atoms with van der Waals surface area (Å²) in [5.74, 6) is 0.674. The molecule has 0 radical (unpaired) electrons. The molecule has 0 bridgehead atoms. The van der Waals surface area contributed by atoms with Crippen molar-refractivity contribution in [2.45, 2.75) is 51.7 Å². The summed E-state index contributed by atoms with van der Waals surface area (Å²) in [5.41, 5.74) is 2.36. The van der Waals surface area contributed by atoms with Gasteiger partial charge in [-0.05, 0) is 64.4 Å². The fourth-order valence-electron chi connectivity index (χ4n) is 4.28. The molecule has 2 heterocycles. The number of nitriles is 1. The number of fused-ring (bicyclic) bond motifs is 1. The van der Waals surface area contributed by atoms with E-state index in [1.807, 2.05) is 36.2 Å². The predicted molar refractivity (Wildman–Crippen MR) is 121 cm³/mol. The number of carbonyl (C=O) groups is 1. The van der Waals surface area contributed by atoms with E-state index >= 15 is 0 Å². The Morgan fingerprint density at radius 3 is 2.77 bits per heavy atom. The topological polar surface area (TPSA) is 77.4 Å². The zero-order chi connectivity index (χ0) is 22.1. The van der Waals surface area contributed by atoms with Gasteiger partial charge in [-0.25, -0.2) is 0 Å². The van der Waals surface area contributed by atoms with E-state index in [4.69, 9.17) is 4.74 Å². The van der Waals surface area contributed by atoms with Gasteiger partial charge in [-0.15, -0.1) is 11.3 Å². The van der Waals surface area contributed by atoms with Gasteiger partial charge < -0.3 is 15.4 Å². The maximum atomic E-state index is 12.7. The minimum atomic E-state index is -0.251. The maximum absolute atomic E-state index is 12.7. The van der Waals surface area contributed by atoms with Gasteiger partial charge in [0.15, 0.2) is 0 Å². The molecule has 2 N–H and O–H groups in total. The van der Waals surface area contributed by atoms with E-state index in [-0.39, 0.29) is 23.5 Å². The van der Waals surface area contributed by atoms with Crippen molar-refractivity contribution < 1.29 is 9.53 Å². The van der Waals surface area contributed by atoms with Crippen LogP contribution in [0.25, 0.3) is 0 Å². The number of amides is 1. The Morgan fingerprint density at radius 2 is 2.10 bits per heavy atom. The minimum absolute atomic E-state index is 0.110. The Balaban J connectivity index is 1.73. The second-order valence-corrected chi connectivity index (χ2v) is 10.1. The Morgan fingerprint density at radius 1 is 1.37 bits per heavy atom. The highest BCUT2D eigenvalue weighted by Crippen LogP contribution is 2.44. The molecule has 7 heteroatoms. The van der Waals surface area contributed by atoms with Gasteiger partial charge in [-0.3, -0.25) is 9.69 Å². The number of hydrogen-bond donors (Lipinski definition) is 2. The summed E-state index contributed by atoms with van der Waals surface area (Å²) in [6, 6.07) is 10.1. The summed E-state index contributed by atoms with van der Waals surface area (Å²) in [6.07, 6.45) is 0.761. The summed E-state index contributed by atoms with van der Waals surface area (Å²) in [5, 5.41) is 17.1. The molecule has 0 aliphatic carbocycles. The zero-order valence-corrected chi connectivity index (χ0v) is 19.4. The predicted octanol–water partition coefficient (Wildman–Crippen LogP) is 3.86. The van der Waals surface area contributed by atoms with E-state index < -0.39 is 0 Å². The van der Waals surface area contributed by atoms with Gasteiger partial charge in [0.2, 0.25) is 5.91 Å². The fraction of sp³-hybridized carbons (Fsp3) is 0.478. The minimum Gasteiger partial charge on any atom is -0.497 e. The van der Waals surface area contributed by atoms with Crippen LogP contribution in [0.2, 0.25) is 0 Å². The average Bonchev–Trinajstić information content (AvgIpc) is 2.97. The van der Waals surface area contributed by atoms with Gasteiger partial charge in [0.25, 0.3) is 0 Å². The molecule has 0 spiro atoms. The summed E-state index contributed by atoms with van der Waals surface area (Å²) in [7, 11) is 3.54. The molecule has 0 saturated heterocycles. The number of nitrogens with zero attached hydrogens (tertiary/aromatic N) is 2. The smallest absolute Gasteiger partial charge is 0.239 e. The first-order chi connectivity index (χ1) is 14.0. The lowest BCUT2D eigenvalue weighted by molar-refractivity contribution is -0.117. The number of hydrogen-bond acceptors (Lipinski definition) is 6. The normalized spacial score (nSPS) is 16.6. The molecular formula is C23H30N4O2S. The van der Waals surface area contributed by atoms with E-state index in [0.29, 0.717) is 17.1 Å². The monoisotopic (exact) mass is 426 g/mol. The summed E-state index contributed by atoms with van der Waals surface area (Å²) >= 11 is 1.51. The lowest BCUT2D eigenvalue weighted by Gasteiger charge is -2.42. The van der Waals surface area contributed by atoms with Gasteiger partial charge in [-0.1, -0.05) is 12.1 Å². The highest BCUT2D eigenvalue weighted by atomic mass is 32.1. The van der Waals surface area contributed by atoms with Crippen molar-refractivity contribution >= 4 is 22.2 Å². The van der Waals surface area contributed by atoms with Crippen LogP contribution in [0.4, 0.5) is 5.00 Å². The first kappa shape index (κ1) is 22.3. The van der Waals surface area contributed by atoms with Gasteiger partial charge >= 0.3 is 0 Å². The average molecular weight is 427 g/mol. The highest BCUT2D eigenvalue weighted by molar-refractivity contribution is 7.17. The van der Waals surface area contributed by atoms with Crippen LogP contribution in [-0.2, 0) is 23.3 Å². The SMILES string of the molecule is COc1cccc(CN(C)CC(=O)Nc2sc3c(c2C#N)CC(C)(C)NC3(C)C)c1. The number of anilines is 1. The molecule has 1 aliphatic rings. The van der Waals surface area contributed by atoms with Crippen molar-refractivity contribution in [2.75, 3.05) is 26.0 Å². The molecule has 2 aromatic rings. The number of thiophene rings is 1. The number of carbonyl (C=O) groups excluding carboxylic acids is 1. The van der Waals surface area contributed by atoms with E-state index in [1.54, 1.807) is 7.11 Å². The van der Waals surface area contributed by atoms with E-state index in [1.165, 1.54) is 11.3 Å². The molecule has 160 valence electrons. The van der Waals surface area contributed by atoms with Crippen molar-refractivity contribution in [1.29, 1.82) is 5.26 Å². The van der Waals surface area contributed by atoms with Gasteiger partial charge in [0, 0.05) is 22.5 Å². The molecule has 3 rings (SSSR count). The Hall–Kier alpha value is -2.40. The van der Waals surface area contributed by atoms with Gasteiger partial charge in [-0.2, -0.15) is 5.26 Å². The third-order valence-corrected chi connectivity index (χ3v) is 6.68. The molecule has 0 fully saturated rings. The van der Waals surface area contributed by atoms with Crippen LogP contribution in [0, 0.1) is 11.3 Å². The first-order valence-electron chi connectivity index (χ1n) is 10.0. The zero-order valence-electron chi connectivity index (χ0n) is 18.5. The second-order valence-electron chi connectivity index (χ2n) is 9.11. The third-order valence-electron chi connectivity index (χ3n) is 5.21. The summed E-state index contributed by atoms with van der Waals surface area (Å²) in [4.78, 5) is 15.8. The number of ether oxygens (including phenoxy) is 1. The third kappa shape index (κ3) is 4.84. The Kier molecular flexibility index (Phi) is 6.23. The molecule has 1 amide bonds. The largest absolute Gasteiger partial charge is 0.497 e. The number of benzene rings is 1. The fourth-order valence-corrected chi connectivity index (χ4v) is 5.53. The molecule has 1 aromatic carbocycles. The number of nitrogens with one attached hydrogen (secondary N) is 2. The Bertz CT molecular complexity index is 988. The van der Waals surface area contributed by atoms with E-state index in [2.05, 4.69) is 44.4 Å². The van der Waals surface area contributed by atoms with Crippen LogP contribution in [-0.4, -0.2) is 37.0 Å².